The van der Waals surface area contributed by atoms with Gasteiger partial charge in [0.15, 0.2) is 10.8 Å². The highest BCUT2D eigenvalue weighted by atomic mass is 32.1. The third-order valence-corrected chi connectivity index (χ3v) is 4.69. The quantitative estimate of drug-likeness (QED) is 0.707. The first-order valence-electron chi connectivity index (χ1n) is 7.70. The molecule has 2 aromatic heterocycles. The molecule has 0 aliphatic carbocycles. The lowest BCUT2D eigenvalue weighted by Crippen LogP contribution is -2.29. The van der Waals surface area contributed by atoms with Crippen molar-refractivity contribution in [2.75, 3.05) is 13.7 Å². The van der Waals surface area contributed by atoms with Crippen LogP contribution in [0.5, 0.6) is 5.75 Å². The van der Waals surface area contributed by atoms with E-state index in [2.05, 4.69) is 10.3 Å². The first kappa shape index (κ1) is 17.2. The summed E-state index contributed by atoms with van der Waals surface area (Å²) in [6.45, 7) is 1.93. The zero-order chi connectivity index (χ0) is 17.8. The van der Waals surface area contributed by atoms with Crippen LogP contribution in [0.2, 0.25) is 0 Å². The number of rotatable bonds is 6. The van der Waals surface area contributed by atoms with Gasteiger partial charge in [-0.2, -0.15) is 0 Å². The second-order valence-corrected chi connectivity index (χ2v) is 6.60. The molecule has 0 saturated carbocycles. The lowest BCUT2D eigenvalue weighted by Gasteiger charge is -2.12. The van der Waals surface area contributed by atoms with Crippen molar-refractivity contribution in [2.45, 2.75) is 13.0 Å². The van der Waals surface area contributed by atoms with Crippen LogP contribution in [0.3, 0.4) is 0 Å². The summed E-state index contributed by atoms with van der Waals surface area (Å²) >= 11 is 1.39. The predicted octanol–water partition coefficient (Wildman–Crippen LogP) is 3.18. The summed E-state index contributed by atoms with van der Waals surface area (Å²) in [6.07, 6.45) is 0.759. The molecule has 7 heteroatoms. The van der Waals surface area contributed by atoms with Gasteiger partial charge >= 0.3 is 0 Å². The van der Waals surface area contributed by atoms with Crippen molar-refractivity contribution in [1.82, 2.24) is 10.3 Å². The fourth-order valence-corrected chi connectivity index (χ4v) is 3.21. The van der Waals surface area contributed by atoms with Gasteiger partial charge in [0, 0.05) is 11.4 Å². The van der Waals surface area contributed by atoms with E-state index < -0.39 is 6.10 Å². The van der Waals surface area contributed by atoms with Gasteiger partial charge in [0.05, 0.1) is 19.5 Å². The third kappa shape index (κ3) is 3.89. The van der Waals surface area contributed by atoms with Gasteiger partial charge < -0.3 is 19.6 Å². The normalized spacial score (nSPS) is 12.0. The number of carbonyl (C=O) groups is 1. The van der Waals surface area contributed by atoms with E-state index in [1.54, 1.807) is 49.8 Å². The number of aliphatic hydroxyl groups excluding tert-OH is 1. The average molecular weight is 358 g/mol. The Morgan fingerprint density at radius 3 is 2.76 bits per heavy atom. The molecule has 1 atom stereocenters. The van der Waals surface area contributed by atoms with E-state index in [0.717, 1.165) is 4.88 Å². The van der Waals surface area contributed by atoms with Crippen LogP contribution in [0.1, 0.15) is 27.0 Å². The van der Waals surface area contributed by atoms with Crippen LogP contribution in [0, 0.1) is 6.92 Å². The van der Waals surface area contributed by atoms with E-state index in [-0.39, 0.29) is 12.5 Å². The Kier molecular flexibility index (Phi) is 5.16. The number of benzene rings is 1. The van der Waals surface area contributed by atoms with Gasteiger partial charge in [-0.15, -0.1) is 11.3 Å². The van der Waals surface area contributed by atoms with E-state index in [4.69, 9.17) is 9.15 Å². The molecule has 0 bridgehead atoms. The van der Waals surface area contributed by atoms with Gasteiger partial charge in [0.25, 0.3) is 5.91 Å². The third-order valence-electron chi connectivity index (χ3n) is 3.70. The molecule has 2 heterocycles. The molecule has 0 aliphatic heterocycles. The van der Waals surface area contributed by atoms with Crippen molar-refractivity contribution < 1.29 is 19.1 Å². The standard InChI is InChI=1S/C18H18N2O4S/c1-11-16(20-18(25-11)15-4-3-9-24-15)17(22)19-10-14(21)12-5-7-13(23-2)8-6-12/h3-9,14,21H,10H2,1-2H3,(H,19,22). The zero-order valence-electron chi connectivity index (χ0n) is 13.9. The average Bonchev–Trinajstić information content (AvgIpc) is 3.29. The van der Waals surface area contributed by atoms with E-state index in [1.807, 2.05) is 6.92 Å². The number of thiazole rings is 1. The van der Waals surface area contributed by atoms with Crippen molar-refractivity contribution in [1.29, 1.82) is 0 Å². The van der Waals surface area contributed by atoms with Gasteiger partial charge in [-0.05, 0) is 36.8 Å². The number of furan rings is 1. The molecule has 1 unspecified atom stereocenters. The van der Waals surface area contributed by atoms with Crippen molar-refractivity contribution in [2.24, 2.45) is 0 Å². The number of amides is 1. The van der Waals surface area contributed by atoms with Crippen molar-refractivity contribution in [3.05, 3.63) is 58.8 Å². The molecule has 0 radical (unpaired) electrons. The van der Waals surface area contributed by atoms with Crippen LogP contribution in [0.4, 0.5) is 0 Å². The molecule has 3 rings (SSSR count). The maximum atomic E-state index is 12.4. The minimum atomic E-state index is -0.807. The molecular weight excluding hydrogens is 340 g/mol. The molecule has 0 saturated heterocycles. The molecule has 25 heavy (non-hydrogen) atoms. The van der Waals surface area contributed by atoms with Crippen molar-refractivity contribution in [3.63, 3.8) is 0 Å². The number of nitrogens with one attached hydrogen (secondary N) is 1. The monoisotopic (exact) mass is 358 g/mol. The van der Waals surface area contributed by atoms with Crippen LogP contribution >= 0.6 is 11.3 Å². The number of aliphatic hydroxyl groups is 1. The lowest BCUT2D eigenvalue weighted by molar-refractivity contribution is 0.0911. The summed E-state index contributed by atoms with van der Waals surface area (Å²) in [7, 11) is 1.58. The minimum absolute atomic E-state index is 0.0955. The van der Waals surface area contributed by atoms with Crippen molar-refractivity contribution >= 4 is 17.2 Å². The van der Waals surface area contributed by atoms with Crippen LogP contribution in [0.25, 0.3) is 10.8 Å². The Morgan fingerprint density at radius 2 is 2.12 bits per heavy atom. The van der Waals surface area contributed by atoms with Crippen LogP contribution in [-0.2, 0) is 0 Å². The fraction of sp³-hybridized carbons (Fsp3) is 0.222. The van der Waals surface area contributed by atoms with Crippen LogP contribution in [0.15, 0.2) is 47.1 Å². The maximum Gasteiger partial charge on any atom is 0.271 e. The fourth-order valence-electron chi connectivity index (χ4n) is 2.33. The highest BCUT2D eigenvalue weighted by Crippen LogP contribution is 2.28. The molecule has 3 aromatic rings. The summed E-state index contributed by atoms with van der Waals surface area (Å²) in [5, 5.41) is 13.6. The largest absolute Gasteiger partial charge is 0.497 e. The Hall–Kier alpha value is -2.64. The number of aryl methyl sites for hydroxylation is 1. The maximum absolute atomic E-state index is 12.4. The minimum Gasteiger partial charge on any atom is -0.497 e. The van der Waals surface area contributed by atoms with E-state index in [0.29, 0.717) is 27.8 Å². The van der Waals surface area contributed by atoms with Gasteiger partial charge in [-0.3, -0.25) is 4.79 Å². The molecule has 0 fully saturated rings. The topological polar surface area (TPSA) is 84.6 Å². The molecule has 0 spiro atoms. The summed E-state index contributed by atoms with van der Waals surface area (Å²) in [6, 6.07) is 10.6. The SMILES string of the molecule is COc1ccc(C(O)CNC(=O)c2nc(-c3ccco3)sc2C)cc1. The number of methoxy groups -OCH3 is 1. The predicted molar refractivity (Wildman–Crippen MR) is 94.8 cm³/mol. The molecule has 6 nitrogen and oxygen atoms in total. The number of nitrogens with zero attached hydrogens (tertiary/aromatic N) is 1. The van der Waals surface area contributed by atoms with E-state index in [9.17, 15) is 9.90 Å². The summed E-state index contributed by atoms with van der Waals surface area (Å²) in [5.41, 5.74) is 1.05. The Balaban J connectivity index is 1.64. The highest BCUT2D eigenvalue weighted by Gasteiger charge is 2.18. The molecule has 130 valence electrons. The molecule has 1 aromatic carbocycles. The highest BCUT2D eigenvalue weighted by molar-refractivity contribution is 7.15. The Morgan fingerprint density at radius 1 is 1.36 bits per heavy atom. The zero-order valence-corrected chi connectivity index (χ0v) is 14.7. The van der Waals surface area contributed by atoms with Crippen LogP contribution < -0.4 is 10.1 Å². The summed E-state index contributed by atoms with van der Waals surface area (Å²) < 4.78 is 10.4. The Bertz CT molecular complexity index is 841. The van der Waals surface area contributed by atoms with Gasteiger partial charge in [0.2, 0.25) is 0 Å². The van der Waals surface area contributed by atoms with Crippen LogP contribution in [-0.4, -0.2) is 29.7 Å². The molecule has 1 amide bonds. The number of hydrogen-bond donors (Lipinski definition) is 2. The van der Waals surface area contributed by atoms with E-state index in [1.165, 1.54) is 11.3 Å². The molecular formula is C18H18N2O4S. The summed E-state index contributed by atoms with van der Waals surface area (Å²) in [5.74, 6) is 1.02. The number of hydrogen-bond acceptors (Lipinski definition) is 6. The van der Waals surface area contributed by atoms with Gasteiger partial charge in [-0.25, -0.2) is 4.98 Å². The van der Waals surface area contributed by atoms with Gasteiger partial charge in [0.1, 0.15) is 11.4 Å². The number of carbonyl (C=O) groups excluding carboxylic acids is 1. The first-order valence-corrected chi connectivity index (χ1v) is 8.51. The Labute approximate surface area is 149 Å². The smallest absolute Gasteiger partial charge is 0.271 e. The molecule has 0 aliphatic rings. The second kappa shape index (κ2) is 7.50. The van der Waals surface area contributed by atoms with E-state index >= 15 is 0 Å². The summed E-state index contributed by atoms with van der Waals surface area (Å²) in [4.78, 5) is 17.5. The number of ether oxygens (including phenoxy) is 1. The second-order valence-electron chi connectivity index (χ2n) is 5.40. The lowest BCUT2D eigenvalue weighted by atomic mass is 10.1. The van der Waals surface area contributed by atoms with Gasteiger partial charge in [-0.1, -0.05) is 12.1 Å². The number of aromatic nitrogens is 1. The van der Waals surface area contributed by atoms with Crippen molar-refractivity contribution in [3.8, 4) is 16.5 Å². The molecule has 2 N–H and O–H groups in total. The first-order chi connectivity index (χ1) is 12.1.